The van der Waals surface area contributed by atoms with Gasteiger partial charge in [0.2, 0.25) is 0 Å². The van der Waals surface area contributed by atoms with Gasteiger partial charge in [0.05, 0.1) is 13.2 Å². The molecular weight excluding hydrogens is 352 g/mol. The molecule has 2 rings (SSSR count). The SMILES string of the molecule is O=C(CCCC1CCCCC1)OCCCCOC(=O)CCCC1CCCCC1. The third-order valence-corrected chi connectivity index (χ3v) is 6.50. The highest BCUT2D eigenvalue weighted by atomic mass is 16.5. The first-order valence-corrected chi connectivity index (χ1v) is 12.1. The Kier molecular flexibility index (Phi) is 12.3. The molecule has 0 aliphatic heterocycles. The van der Waals surface area contributed by atoms with Crippen molar-refractivity contribution in [3.8, 4) is 0 Å². The predicted octanol–water partition coefficient (Wildman–Crippen LogP) is 6.35. The smallest absolute Gasteiger partial charge is 0.305 e. The average Bonchev–Trinajstić information content (AvgIpc) is 2.72. The van der Waals surface area contributed by atoms with E-state index in [1.165, 1.54) is 77.0 Å². The van der Waals surface area contributed by atoms with Crippen molar-refractivity contribution in [2.75, 3.05) is 13.2 Å². The third kappa shape index (κ3) is 11.1. The molecule has 0 atom stereocenters. The summed E-state index contributed by atoms with van der Waals surface area (Å²) < 4.78 is 10.6. The average molecular weight is 395 g/mol. The van der Waals surface area contributed by atoms with Gasteiger partial charge in [-0.3, -0.25) is 9.59 Å². The summed E-state index contributed by atoms with van der Waals surface area (Å²) in [5.74, 6) is 1.52. The van der Waals surface area contributed by atoms with Gasteiger partial charge in [0.25, 0.3) is 0 Å². The first-order chi connectivity index (χ1) is 13.7. The maximum absolute atomic E-state index is 11.8. The van der Waals surface area contributed by atoms with Crippen LogP contribution in [0.15, 0.2) is 0 Å². The highest BCUT2D eigenvalue weighted by Gasteiger charge is 2.15. The van der Waals surface area contributed by atoms with Crippen molar-refractivity contribution in [2.24, 2.45) is 11.8 Å². The highest BCUT2D eigenvalue weighted by molar-refractivity contribution is 5.69. The molecule has 0 heterocycles. The van der Waals surface area contributed by atoms with E-state index in [1.807, 2.05) is 0 Å². The van der Waals surface area contributed by atoms with Crippen LogP contribution in [0.3, 0.4) is 0 Å². The van der Waals surface area contributed by atoms with Crippen LogP contribution in [-0.2, 0) is 19.1 Å². The van der Waals surface area contributed by atoms with Crippen molar-refractivity contribution < 1.29 is 19.1 Å². The molecule has 2 saturated carbocycles. The molecule has 0 aromatic heterocycles. The summed E-state index contributed by atoms with van der Waals surface area (Å²) in [6, 6.07) is 0. The maximum Gasteiger partial charge on any atom is 0.305 e. The van der Waals surface area contributed by atoms with E-state index in [1.54, 1.807) is 0 Å². The topological polar surface area (TPSA) is 52.6 Å². The largest absolute Gasteiger partial charge is 0.466 e. The van der Waals surface area contributed by atoms with Crippen LogP contribution in [0.25, 0.3) is 0 Å². The molecule has 2 aliphatic rings. The molecule has 0 radical (unpaired) electrons. The Balaban J connectivity index is 1.34. The van der Waals surface area contributed by atoms with Crippen molar-refractivity contribution in [3.63, 3.8) is 0 Å². The predicted molar refractivity (Wildman–Crippen MR) is 112 cm³/mol. The fourth-order valence-corrected chi connectivity index (χ4v) is 4.74. The summed E-state index contributed by atoms with van der Waals surface area (Å²) in [6.45, 7) is 0.892. The molecule has 162 valence electrons. The van der Waals surface area contributed by atoms with E-state index in [2.05, 4.69) is 0 Å². The molecule has 0 aromatic rings. The highest BCUT2D eigenvalue weighted by Crippen LogP contribution is 2.28. The van der Waals surface area contributed by atoms with Crippen LogP contribution in [0, 0.1) is 11.8 Å². The number of rotatable bonds is 13. The number of ether oxygens (including phenoxy) is 2. The molecule has 0 bridgehead atoms. The Hall–Kier alpha value is -1.06. The van der Waals surface area contributed by atoms with Crippen LogP contribution in [0.5, 0.6) is 0 Å². The number of unbranched alkanes of at least 4 members (excludes halogenated alkanes) is 1. The number of esters is 2. The van der Waals surface area contributed by atoms with E-state index in [9.17, 15) is 9.59 Å². The summed E-state index contributed by atoms with van der Waals surface area (Å²) in [5, 5.41) is 0. The molecule has 0 N–H and O–H groups in total. The Labute approximate surface area is 172 Å². The fraction of sp³-hybridized carbons (Fsp3) is 0.917. The summed E-state index contributed by atoms with van der Waals surface area (Å²) in [4.78, 5) is 23.5. The zero-order chi connectivity index (χ0) is 19.9. The van der Waals surface area contributed by atoms with Gasteiger partial charge in [0.15, 0.2) is 0 Å². The van der Waals surface area contributed by atoms with Gasteiger partial charge in [-0.15, -0.1) is 0 Å². The lowest BCUT2D eigenvalue weighted by Crippen LogP contribution is -2.11. The molecule has 0 aromatic carbocycles. The van der Waals surface area contributed by atoms with Gasteiger partial charge in [-0.25, -0.2) is 0 Å². The number of hydrogen-bond acceptors (Lipinski definition) is 4. The van der Waals surface area contributed by atoms with Crippen molar-refractivity contribution in [3.05, 3.63) is 0 Å². The zero-order valence-electron chi connectivity index (χ0n) is 17.9. The molecule has 4 heteroatoms. The van der Waals surface area contributed by atoms with E-state index < -0.39 is 0 Å². The standard InChI is InChI=1S/C24H42O4/c25-23(17-9-15-21-11-3-1-4-12-21)27-19-7-8-20-28-24(26)18-10-16-22-13-5-2-6-14-22/h21-22H,1-20H2. The molecule has 0 amide bonds. The second kappa shape index (κ2) is 14.9. The van der Waals surface area contributed by atoms with Gasteiger partial charge in [-0.1, -0.05) is 64.2 Å². The van der Waals surface area contributed by atoms with Crippen molar-refractivity contribution >= 4 is 11.9 Å². The number of carbonyl (C=O) groups is 2. The number of carbonyl (C=O) groups excluding carboxylic acids is 2. The van der Waals surface area contributed by atoms with Crippen molar-refractivity contribution in [2.45, 2.75) is 116 Å². The Bertz CT molecular complexity index is 382. The van der Waals surface area contributed by atoms with E-state index >= 15 is 0 Å². The summed E-state index contributed by atoms with van der Waals surface area (Å²) in [7, 11) is 0. The van der Waals surface area contributed by atoms with Gasteiger partial charge < -0.3 is 9.47 Å². The van der Waals surface area contributed by atoms with Crippen molar-refractivity contribution in [1.29, 1.82) is 0 Å². The molecule has 2 fully saturated rings. The first kappa shape index (κ1) is 23.2. The van der Waals surface area contributed by atoms with E-state index in [0.717, 1.165) is 37.5 Å². The third-order valence-electron chi connectivity index (χ3n) is 6.50. The normalized spacial score (nSPS) is 18.7. The molecule has 0 saturated heterocycles. The van der Waals surface area contributed by atoms with E-state index in [4.69, 9.17) is 9.47 Å². The molecule has 28 heavy (non-hydrogen) atoms. The molecule has 2 aliphatic carbocycles. The lowest BCUT2D eigenvalue weighted by molar-refractivity contribution is -0.146. The van der Waals surface area contributed by atoms with E-state index in [-0.39, 0.29) is 11.9 Å². The summed E-state index contributed by atoms with van der Waals surface area (Å²) in [6.07, 6.45) is 20.5. The van der Waals surface area contributed by atoms with Crippen LogP contribution in [0.1, 0.15) is 116 Å². The van der Waals surface area contributed by atoms with E-state index in [0.29, 0.717) is 26.1 Å². The van der Waals surface area contributed by atoms with Crippen LogP contribution in [0.2, 0.25) is 0 Å². The van der Waals surface area contributed by atoms with Crippen LogP contribution >= 0.6 is 0 Å². The molecular formula is C24H42O4. The van der Waals surface area contributed by atoms with Crippen molar-refractivity contribution in [1.82, 2.24) is 0 Å². The monoisotopic (exact) mass is 394 g/mol. The Morgan fingerprint density at radius 3 is 1.36 bits per heavy atom. The fourth-order valence-electron chi connectivity index (χ4n) is 4.74. The number of hydrogen-bond donors (Lipinski definition) is 0. The molecule has 0 unspecified atom stereocenters. The Morgan fingerprint density at radius 2 is 0.964 bits per heavy atom. The second-order valence-corrected chi connectivity index (χ2v) is 8.94. The second-order valence-electron chi connectivity index (χ2n) is 8.94. The minimum Gasteiger partial charge on any atom is -0.466 e. The van der Waals surface area contributed by atoms with Gasteiger partial charge >= 0.3 is 11.9 Å². The van der Waals surface area contributed by atoms with Gasteiger partial charge in [-0.2, -0.15) is 0 Å². The van der Waals surface area contributed by atoms with Crippen LogP contribution in [0.4, 0.5) is 0 Å². The van der Waals surface area contributed by atoms with Crippen LogP contribution in [-0.4, -0.2) is 25.2 Å². The minimum atomic E-state index is -0.0736. The summed E-state index contributed by atoms with van der Waals surface area (Å²) in [5.41, 5.74) is 0. The Morgan fingerprint density at radius 1 is 0.571 bits per heavy atom. The lowest BCUT2D eigenvalue weighted by atomic mass is 9.86. The lowest BCUT2D eigenvalue weighted by Gasteiger charge is -2.21. The molecule has 4 nitrogen and oxygen atoms in total. The van der Waals surface area contributed by atoms with Gasteiger partial charge in [0, 0.05) is 12.8 Å². The quantitative estimate of drug-likeness (QED) is 0.270. The zero-order valence-corrected chi connectivity index (χ0v) is 17.9. The minimum absolute atomic E-state index is 0.0736. The summed E-state index contributed by atoms with van der Waals surface area (Å²) >= 11 is 0. The van der Waals surface area contributed by atoms with Crippen LogP contribution < -0.4 is 0 Å². The van der Waals surface area contributed by atoms with Gasteiger partial charge in [0.1, 0.15) is 0 Å². The first-order valence-electron chi connectivity index (χ1n) is 12.1. The van der Waals surface area contributed by atoms with Gasteiger partial charge in [-0.05, 0) is 50.4 Å². The maximum atomic E-state index is 11.8. The molecule has 0 spiro atoms.